The number of nitriles is 1. The molecule has 2 N–H and O–H groups in total. The molecule has 3 aromatic rings. The highest BCUT2D eigenvalue weighted by Crippen LogP contribution is 2.37. The first-order valence-electron chi connectivity index (χ1n) is 11.1. The lowest BCUT2D eigenvalue weighted by molar-refractivity contribution is 0.0430. The third kappa shape index (κ3) is 5.26. The van der Waals surface area contributed by atoms with Crippen LogP contribution < -0.4 is 4.74 Å². The summed E-state index contributed by atoms with van der Waals surface area (Å²) in [6.45, 7) is 5.23. The summed E-state index contributed by atoms with van der Waals surface area (Å²) in [7, 11) is 0. The van der Waals surface area contributed by atoms with E-state index in [1.165, 1.54) is 0 Å². The van der Waals surface area contributed by atoms with Gasteiger partial charge < -0.3 is 14.9 Å². The van der Waals surface area contributed by atoms with Gasteiger partial charge in [0.15, 0.2) is 0 Å². The highest BCUT2D eigenvalue weighted by Gasteiger charge is 2.20. The summed E-state index contributed by atoms with van der Waals surface area (Å²) in [4.78, 5) is 4.47. The van der Waals surface area contributed by atoms with E-state index in [1.54, 1.807) is 0 Å². The molecule has 6 nitrogen and oxygen atoms in total. The Morgan fingerprint density at radius 1 is 0.938 bits per heavy atom. The van der Waals surface area contributed by atoms with E-state index in [9.17, 15) is 5.11 Å². The number of aliphatic hydroxyl groups excluding tert-OH is 2. The van der Waals surface area contributed by atoms with Crippen LogP contribution in [0, 0.1) is 11.3 Å². The van der Waals surface area contributed by atoms with E-state index < -0.39 is 6.10 Å². The Labute approximate surface area is 188 Å². The largest absolute Gasteiger partial charge is 0.490 e. The van der Waals surface area contributed by atoms with Crippen molar-refractivity contribution in [3.63, 3.8) is 0 Å². The number of ether oxygens (including phenoxy) is 1. The van der Waals surface area contributed by atoms with Crippen molar-refractivity contribution in [2.75, 3.05) is 52.5 Å². The third-order valence-corrected chi connectivity index (χ3v) is 5.97. The molecule has 1 fully saturated rings. The standard InChI is InChI=1S/C26H29N3O3/c27-17-20-5-7-22(8-6-20)26-24-4-2-1-3-21(24)9-10-25(26)32-19-23(31)18-29-13-11-28(12-14-29)15-16-30/h1-10,23,30-31H,11-16,18-19H2. The summed E-state index contributed by atoms with van der Waals surface area (Å²) < 4.78 is 6.13. The number of benzene rings is 3. The minimum atomic E-state index is -0.598. The van der Waals surface area contributed by atoms with Gasteiger partial charge in [-0.15, -0.1) is 0 Å². The first kappa shape index (κ1) is 22.3. The zero-order chi connectivity index (χ0) is 22.3. The van der Waals surface area contributed by atoms with Crippen LogP contribution in [0.25, 0.3) is 21.9 Å². The molecule has 166 valence electrons. The molecule has 0 aliphatic carbocycles. The Morgan fingerprint density at radius 3 is 2.38 bits per heavy atom. The fourth-order valence-corrected chi connectivity index (χ4v) is 4.25. The number of rotatable bonds is 8. The summed E-state index contributed by atoms with van der Waals surface area (Å²) in [6.07, 6.45) is -0.598. The van der Waals surface area contributed by atoms with Gasteiger partial charge in [0.25, 0.3) is 0 Å². The molecule has 0 bridgehead atoms. The second-order valence-electron chi connectivity index (χ2n) is 8.18. The molecule has 1 atom stereocenters. The van der Waals surface area contributed by atoms with E-state index in [-0.39, 0.29) is 13.2 Å². The predicted octanol–water partition coefficient (Wildman–Crippen LogP) is 2.73. The molecule has 6 heteroatoms. The normalized spacial score (nSPS) is 16.0. The lowest BCUT2D eigenvalue weighted by atomic mass is 9.96. The van der Waals surface area contributed by atoms with Crippen LogP contribution in [0.15, 0.2) is 60.7 Å². The second-order valence-corrected chi connectivity index (χ2v) is 8.18. The van der Waals surface area contributed by atoms with Crippen LogP contribution in [0.4, 0.5) is 0 Å². The van der Waals surface area contributed by atoms with Crippen LogP contribution in [-0.2, 0) is 0 Å². The SMILES string of the molecule is N#Cc1ccc(-c2c(OCC(O)CN3CCN(CCO)CC3)ccc3ccccc23)cc1. The molecular formula is C26H29N3O3. The summed E-state index contributed by atoms with van der Waals surface area (Å²) in [5.74, 6) is 0.722. The highest BCUT2D eigenvalue weighted by atomic mass is 16.5. The van der Waals surface area contributed by atoms with Crippen molar-refractivity contribution in [1.29, 1.82) is 5.26 Å². The second kappa shape index (κ2) is 10.6. The molecule has 0 aromatic heterocycles. The number of aliphatic hydroxyl groups is 2. The van der Waals surface area contributed by atoms with Gasteiger partial charge in [-0.3, -0.25) is 9.80 Å². The smallest absolute Gasteiger partial charge is 0.127 e. The van der Waals surface area contributed by atoms with Crippen molar-refractivity contribution in [2.24, 2.45) is 0 Å². The first-order chi connectivity index (χ1) is 15.7. The Bertz CT molecular complexity index is 1070. The summed E-state index contributed by atoms with van der Waals surface area (Å²) in [5, 5.41) is 31.0. The average Bonchev–Trinajstić information content (AvgIpc) is 2.84. The maximum absolute atomic E-state index is 10.6. The summed E-state index contributed by atoms with van der Waals surface area (Å²) >= 11 is 0. The van der Waals surface area contributed by atoms with Gasteiger partial charge in [0.1, 0.15) is 18.5 Å². The van der Waals surface area contributed by atoms with Gasteiger partial charge in [-0.1, -0.05) is 42.5 Å². The fourth-order valence-electron chi connectivity index (χ4n) is 4.25. The Kier molecular flexibility index (Phi) is 7.35. The molecule has 32 heavy (non-hydrogen) atoms. The fraction of sp³-hybridized carbons (Fsp3) is 0.346. The number of hydrogen-bond acceptors (Lipinski definition) is 6. The molecule has 1 heterocycles. The van der Waals surface area contributed by atoms with Crippen molar-refractivity contribution in [3.05, 3.63) is 66.2 Å². The van der Waals surface area contributed by atoms with Gasteiger partial charge in [0, 0.05) is 44.8 Å². The molecule has 1 aliphatic heterocycles. The topological polar surface area (TPSA) is 80.0 Å². The van der Waals surface area contributed by atoms with Crippen molar-refractivity contribution < 1.29 is 14.9 Å². The molecule has 0 amide bonds. The number of β-amino-alcohol motifs (C(OH)–C–C–N with tert-alkyl or cyclic N) is 2. The molecule has 1 aliphatic rings. The summed E-state index contributed by atoms with van der Waals surface area (Å²) in [6, 6.07) is 21.8. The van der Waals surface area contributed by atoms with Gasteiger partial charge in [-0.25, -0.2) is 0 Å². The first-order valence-corrected chi connectivity index (χ1v) is 11.1. The third-order valence-electron chi connectivity index (χ3n) is 5.97. The van der Waals surface area contributed by atoms with Gasteiger partial charge in [0.2, 0.25) is 0 Å². The number of piperazine rings is 1. The van der Waals surface area contributed by atoms with E-state index in [0.717, 1.165) is 53.8 Å². The van der Waals surface area contributed by atoms with Crippen molar-refractivity contribution in [2.45, 2.75) is 6.10 Å². The van der Waals surface area contributed by atoms with Crippen LogP contribution in [-0.4, -0.2) is 78.6 Å². The molecular weight excluding hydrogens is 402 g/mol. The molecule has 0 radical (unpaired) electrons. The quantitative estimate of drug-likeness (QED) is 0.571. The number of fused-ring (bicyclic) bond motifs is 1. The van der Waals surface area contributed by atoms with E-state index in [0.29, 0.717) is 18.7 Å². The van der Waals surface area contributed by atoms with Gasteiger partial charge in [-0.2, -0.15) is 5.26 Å². The molecule has 0 spiro atoms. The minimum Gasteiger partial charge on any atom is -0.490 e. The van der Waals surface area contributed by atoms with Crippen LogP contribution in [0.1, 0.15) is 5.56 Å². The van der Waals surface area contributed by atoms with E-state index in [1.807, 2.05) is 48.5 Å². The lowest BCUT2D eigenvalue weighted by Gasteiger charge is -2.35. The van der Waals surface area contributed by atoms with Gasteiger partial charge in [-0.05, 0) is 34.5 Å². The van der Waals surface area contributed by atoms with Crippen molar-refractivity contribution >= 4 is 10.8 Å². The number of nitrogens with zero attached hydrogens (tertiary/aromatic N) is 3. The Morgan fingerprint density at radius 2 is 1.66 bits per heavy atom. The zero-order valence-electron chi connectivity index (χ0n) is 18.2. The maximum Gasteiger partial charge on any atom is 0.127 e. The molecule has 3 aromatic carbocycles. The molecule has 0 saturated carbocycles. The van der Waals surface area contributed by atoms with Crippen LogP contribution >= 0.6 is 0 Å². The van der Waals surface area contributed by atoms with Gasteiger partial charge in [0.05, 0.1) is 18.2 Å². The average molecular weight is 432 g/mol. The summed E-state index contributed by atoms with van der Waals surface area (Å²) in [5.41, 5.74) is 2.56. The van der Waals surface area contributed by atoms with E-state index >= 15 is 0 Å². The monoisotopic (exact) mass is 431 g/mol. The molecule has 1 saturated heterocycles. The minimum absolute atomic E-state index is 0.184. The van der Waals surface area contributed by atoms with Crippen LogP contribution in [0.2, 0.25) is 0 Å². The Hall–Kier alpha value is -2.95. The molecule has 1 unspecified atom stereocenters. The van der Waals surface area contributed by atoms with Crippen LogP contribution in [0.5, 0.6) is 5.75 Å². The zero-order valence-corrected chi connectivity index (χ0v) is 18.2. The van der Waals surface area contributed by atoms with Crippen molar-refractivity contribution in [3.8, 4) is 22.9 Å². The van der Waals surface area contributed by atoms with Crippen LogP contribution in [0.3, 0.4) is 0 Å². The number of hydrogen-bond donors (Lipinski definition) is 2. The van der Waals surface area contributed by atoms with E-state index in [4.69, 9.17) is 15.1 Å². The van der Waals surface area contributed by atoms with Crippen molar-refractivity contribution in [1.82, 2.24) is 9.80 Å². The van der Waals surface area contributed by atoms with Gasteiger partial charge >= 0.3 is 0 Å². The Balaban J connectivity index is 1.47. The highest BCUT2D eigenvalue weighted by molar-refractivity contribution is 5.99. The lowest BCUT2D eigenvalue weighted by Crippen LogP contribution is -2.49. The predicted molar refractivity (Wildman–Crippen MR) is 126 cm³/mol. The molecule has 4 rings (SSSR count). The van der Waals surface area contributed by atoms with E-state index in [2.05, 4.69) is 28.0 Å². The maximum atomic E-state index is 10.6.